The van der Waals surface area contributed by atoms with Gasteiger partial charge in [-0.3, -0.25) is 4.79 Å². The Kier molecular flexibility index (Phi) is 9.61. The minimum atomic E-state index is -0.592. The number of nitrogens with zero attached hydrogens (tertiary/aromatic N) is 3. The number of carbonyl (C=O) groups excluding carboxylic acids is 1. The summed E-state index contributed by atoms with van der Waals surface area (Å²) in [4.78, 5) is 18.8. The molecule has 4 aromatic carbocycles. The van der Waals surface area contributed by atoms with Crippen molar-refractivity contribution < 1.29 is 14.3 Å². The number of thioether (sulfide) groups is 1. The molecule has 1 aliphatic rings. The standard InChI is InChI=1S/C36H34ClN5O3S/c1-4-44-31-20-26(17-18-30(31)45-21-25-12-6-5-7-13-25)33-32(34(43)39-28-15-10-11-23(2)19-28)24(3)38-35-40-36(41-42(33)35)46-22-27-14-8-9-16-29(27)37/h5-20,33H,4,21-22H2,1-3H3,(H,39,43)(H,38,40,41). The van der Waals surface area contributed by atoms with Crippen molar-refractivity contribution in [1.82, 2.24) is 14.8 Å². The number of anilines is 2. The molecule has 1 amide bonds. The lowest BCUT2D eigenvalue weighted by molar-refractivity contribution is -0.113. The van der Waals surface area contributed by atoms with E-state index in [9.17, 15) is 4.79 Å². The number of aromatic nitrogens is 3. The third kappa shape index (κ3) is 7.06. The Morgan fingerprint density at radius 3 is 2.54 bits per heavy atom. The van der Waals surface area contributed by atoms with E-state index in [1.54, 1.807) is 4.68 Å². The fraction of sp³-hybridized carbons (Fsp3) is 0.194. The largest absolute Gasteiger partial charge is 0.490 e. The summed E-state index contributed by atoms with van der Waals surface area (Å²) in [5.41, 5.74) is 5.81. The first-order valence-corrected chi connectivity index (χ1v) is 16.4. The number of rotatable bonds is 11. The van der Waals surface area contributed by atoms with Crippen molar-refractivity contribution in [1.29, 1.82) is 0 Å². The lowest BCUT2D eigenvalue weighted by Gasteiger charge is -2.29. The molecular weight excluding hydrogens is 618 g/mol. The van der Waals surface area contributed by atoms with Gasteiger partial charge in [0.1, 0.15) is 12.6 Å². The highest BCUT2D eigenvalue weighted by Gasteiger charge is 2.35. The number of aryl methyl sites for hydroxylation is 1. The number of nitrogens with one attached hydrogen (secondary N) is 2. The molecule has 10 heteroatoms. The molecule has 234 valence electrons. The van der Waals surface area contributed by atoms with Gasteiger partial charge in [-0.15, -0.1) is 5.10 Å². The molecule has 0 spiro atoms. The van der Waals surface area contributed by atoms with Crippen molar-refractivity contribution in [2.24, 2.45) is 0 Å². The van der Waals surface area contributed by atoms with Gasteiger partial charge in [0.15, 0.2) is 11.5 Å². The Hall–Kier alpha value is -4.73. The van der Waals surface area contributed by atoms with Gasteiger partial charge in [-0.25, -0.2) is 4.68 Å². The van der Waals surface area contributed by atoms with Gasteiger partial charge in [-0.05, 0) is 73.4 Å². The third-order valence-corrected chi connectivity index (χ3v) is 8.74. The van der Waals surface area contributed by atoms with Crippen LogP contribution >= 0.6 is 23.4 Å². The zero-order valence-electron chi connectivity index (χ0n) is 25.8. The van der Waals surface area contributed by atoms with Crippen LogP contribution in [0.5, 0.6) is 11.5 Å². The van der Waals surface area contributed by atoms with Gasteiger partial charge in [0.2, 0.25) is 11.1 Å². The minimum Gasteiger partial charge on any atom is -0.490 e. The normalized spacial score (nSPS) is 14.0. The quantitative estimate of drug-likeness (QED) is 0.139. The van der Waals surface area contributed by atoms with Gasteiger partial charge in [0, 0.05) is 22.2 Å². The van der Waals surface area contributed by atoms with Gasteiger partial charge in [-0.2, -0.15) is 4.98 Å². The highest BCUT2D eigenvalue weighted by molar-refractivity contribution is 7.98. The molecule has 0 bridgehead atoms. The molecule has 46 heavy (non-hydrogen) atoms. The predicted molar refractivity (Wildman–Crippen MR) is 184 cm³/mol. The number of hydrogen-bond acceptors (Lipinski definition) is 7. The van der Waals surface area contributed by atoms with Crippen molar-refractivity contribution in [2.75, 3.05) is 17.2 Å². The highest BCUT2D eigenvalue weighted by atomic mass is 35.5. The number of halogens is 1. The van der Waals surface area contributed by atoms with Crippen LogP contribution in [0.2, 0.25) is 5.02 Å². The molecule has 0 saturated carbocycles. The highest BCUT2D eigenvalue weighted by Crippen LogP contribution is 2.40. The predicted octanol–water partition coefficient (Wildman–Crippen LogP) is 8.44. The molecule has 1 atom stereocenters. The number of allylic oxidation sites excluding steroid dienone is 1. The van der Waals surface area contributed by atoms with Crippen molar-refractivity contribution in [3.8, 4) is 11.5 Å². The summed E-state index contributed by atoms with van der Waals surface area (Å²) in [6, 6.07) is 30.6. The van der Waals surface area contributed by atoms with Crippen LogP contribution in [-0.2, 0) is 17.2 Å². The summed E-state index contributed by atoms with van der Waals surface area (Å²) in [7, 11) is 0. The van der Waals surface area contributed by atoms with E-state index >= 15 is 0 Å². The van der Waals surface area contributed by atoms with E-state index in [1.165, 1.54) is 11.8 Å². The lowest BCUT2D eigenvalue weighted by Crippen LogP contribution is -2.31. The molecule has 1 unspecified atom stereocenters. The van der Waals surface area contributed by atoms with Gasteiger partial charge in [-0.1, -0.05) is 90.1 Å². The molecule has 2 N–H and O–H groups in total. The smallest absolute Gasteiger partial charge is 0.255 e. The first-order chi connectivity index (χ1) is 22.4. The van der Waals surface area contributed by atoms with Crippen LogP contribution in [0.25, 0.3) is 0 Å². The van der Waals surface area contributed by atoms with E-state index in [0.29, 0.717) is 63.6 Å². The van der Waals surface area contributed by atoms with Crippen molar-refractivity contribution in [3.63, 3.8) is 0 Å². The molecular formula is C36H34ClN5O3S. The summed E-state index contributed by atoms with van der Waals surface area (Å²) in [6.45, 7) is 6.65. The number of amides is 1. The minimum absolute atomic E-state index is 0.241. The average Bonchev–Trinajstić information content (AvgIpc) is 3.46. The van der Waals surface area contributed by atoms with Crippen molar-refractivity contribution >= 4 is 40.9 Å². The average molecular weight is 652 g/mol. The van der Waals surface area contributed by atoms with E-state index in [0.717, 1.165) is 22.3 Å². The molecule has 0 aliphatic carbocycles. The molecule has 0 radical (unpaired) electrons. The molecule has 1 aliphatic heterocycles. The van der Waals surface area contributed by atoms with Crippen molar-refractivity contribution in [3.05, 3.63) is 136 Å². The van der Waals surface area contributed by atoms with Crippen LogP contribution in [0.15, 0.2) is 113 Å². The molecule has 8 nitrogen and oxygen atoms in total. The maximum absolute atomic E-state index is 14.0. The van der Waals surface area contributed by atoms with Crippen LogP contribution in [0.1, 0.15) is 42.1 Å². The van der Waals surface area contributed by atoms with E-state index < -0.39 is 6.04 Å². The number of ether oxygens (including phenoxy) is 2. The molecule has 6 rings (SSSR count). The summed E-state index contributed by atoms with van der Waals surface area (Å²) < 4.78 is 14.0. The topological polar surface area (TPSA) is 90.3 Å². The second-order valence-corrected chi connectivity index (χ2v) is 12.2. The number of fused-ring (bicyclic) bond motifs is 1. The van der Waals surface area contributed by atoms with E-state index in [-0.39, 0.29) is 5.91 Å². The van der Waals surface area contributed by atoms with Crippen LogP contribution in [0.3, 0.4) is 0 Å². The SMILES string of the molecule is CCOc1cc(C2C(C(=O)Nc3cccc(C)c3)=C(C)Nc3nc(SCc4ccccc4Cl)nn32)ccc1OCc1ccccc1. The van der Waals surface area contributed by atoms with Crippen LogP contribution in [0, 0.1) is 6.92 Å². The van der Waals surface area contributed by atoms with Gasteiger partial charge >= 0.3 is 0 Å². The number of hydrogen-bond donors (Lipinski definition) is 2. The maximum atomic E-state index is 14.0. The van der Waals surface area contributed by atoms with Crippen LogP contribution in [0.4, 0.5) is 11.6 Å². The Morgan fingerprint density at radius 1 is 0.957 bits per heavy atom. The van der Waals surface area contributed by atoms with Gasteiger partial charge < -0.3 is 20.1 Å². The summed E-state index contributed by atoms with van der Waals surface area (Å²) in [5.74, 6) is 2.10. The number of benzene rings is 4. The first-order valence-electron chi connectivity index (χ1n) is 15.0. The second-order valence-electron chi connectivity index (χ2n) is 10.8. The Balaban J connectivity index is 1.36. The fourth-order valence-corrected chi connectivity index (χ4v) is 6.41. The summed E-state index contributed by atoms with van der Waals surface area (Å²) in [6.07, 6.45) is 0. The van der Waals surface area contributed by atoms with E-state index in [2.05, 4.69) is 10.6 Å². The molecule has 0 saturated heterocycles. The Morgan fingerprint density at radius 2 is 1.76 bits per heavy atom. The maximum Gasteiger partial charge on any atom is 0.255 e. The molecule has 5 aromatic rings. The fourth-order valence-electron chi connectivity index (χ4n) is 5.29. The number of carbonyl (C=O) groups is 1. The molecule has 0 fully saturated rings. The van der Waals surface area contributed by atoms with Crippen molar-refractivity contribution in [2.45, 2.75) is 44.3 Å². The van der Waals surface area contributed by atoms with Crippen LogP contribution < -0.4 is 20.1 Å². The second kappa shape index (κ2) is 14.1. The Bertz CT molecular complexity index is 1890. The first kappa shape index (κ1) is 31.3. The van der Waals surface area contributed by atoms with Crippen LogP contribution in [-0.4, -0.2) is 27.3 Å². The monoisotopic (exact) mass is 651 g/mol. The third-order valence-electron chi connectivity index (χ3n) is 7.49. The Labute approximate surface area is 277 Å². The van der Waals surface area contributed by atoms with Gasteiger partial charge in [0.05, 0.1) is 12.2 Å². The van der Waals surface area contributed by atoms with E-state index in [1.807, 2.05) is 118 Å². The molecule has 2 heterocycles. The summed E-state index contributed by atoms with van der Waals surface area (Å²) in [5, 5.41) is 12.6. The summed E-state index contributed by atoms with van der Waals surface area (Å²) >= 11 is 7.89. The zero-order chi connectivity index (χ0) is 32.0. The van der Waals surface area contributed by atoms with E-state index in [4.69, 9.17) is 31.2 Å². The zero-order valence-corrected chi connectivity index (χ0v) is 27.4. The molecule has 1 aromatic heterocycles. The van der Waals surface area contributed by atoms with Gasteiger partial charge in [0.25, 0.3) is 5.91 Å². The lowest BCUT2D eigenvalue weighted by atomic mass is 9.94.